The minimum Gasteiger partial charge on any atom is -0.337 e. The summed E-state index contributed by atoms with van der Waals surface area (Å²) in [7, 11) is 0. The molecule has 1 aromatic rings. The first-order valence-electron chi connectivity index (χ1n) is 8.79. The van der Waals surface area contributed by atoms with Gasteiger partial charge in [0.25, 0.3) is 0 Å². The molecule has 6 nitrogen and oxygen atoms in total. The number of likely N-dealkylation sites (tertiary alicyclic amines) is 1. The van der Waals surface area contributed by atoms with Gasteiger partial charge in [-0.2, -0.15) is 5.10 Å². The van der Waals surface area contributed by atoms with Crippen LogP contribution in [0, 0.1) is 13.8 Å². The maximum absolute atomic E-state index is 12.1. The molecule has 1 aromatic heterocycles. The van der Waals surface area contributed by atoms with Crippen molar-refractivity contribution in [2.75, 3.05) is 19.6 Å². The fraction of sp³-hybridized carbons (Fsp3) is 0.765. The molecule has 1 fully saturated rings. The van der Waals surface area contributed by atoms with Crippen LogP contribution in [0.1, 0.15) is 44.5 Å². The molecule has 1 aliphatic rings. The predicted octanol–water partition coefficient (Wildman–Crippen LogP) is 2.06. The Morgan fingerprint density at radius 1 is 1.43 bits per heavy atom. The summed E-state index contributed by atoms with van der Waals surface area (Å²) in [5.74, 6) is 0. The summed E-state index contributed by atoms with van der Waals surface area (Å²) in [6.45, 7) is 11.8. The molecule has 2 amide bonds. The Kier molecular flexibility index (Phi) is 6.45. The minimum absolute atomic E-state index is 0.0432. The van der Waals surface area contributed by atoms with Crippen molar-refractivity contribution in [3.8, 4) is 0 Å². The van der Waals surface area contributed by atoms with Crippen molar-refractivity contribution in [3.05, 3.63) is 17.5 Å². The van der Waals surface area contributed by atoms with E-state index in [2.05, 4.69) is 33.6 Å². The fourth-order valence-electron chi connectivity index (χ4n) is 3.36. The second kappa shape index (κ2) is 8.34. The lowest BCUT2D eigenvalue weighted by Gasteiger charge is -2.35. The number of nitrogens with zero attached hydrogens (tertiary/aromatic N) is 3. The number of carbonyl (C=O) groups is 1. The van der Waals surface area contributed by atoms with Gasteiger partial charge in [-0.3, -0.25) is 9.58 Å². The third kappa shape index (κ3) is 5.23. The number of hydrogen-bond donors (Lipinski definition) is 2. The summed E-state index contributed by atoms with van der Waals surface area (Å²) < 4.78 is 1.94. The van der Waals surface area contributed by atoms with Crippen LogP contribution in [0.25, 0.3) is 0 Å². The second-order valence-corrected chi connectivity index (χ2v) is 6.64. The number of nitrogens with one attached hydrogen (secondary N) is 2. The maximum Gasteiger partial charge on any atom is 0.315 e. The van der Waals surface area contributed by atoms with E-state index in [0.717, 1.165) is 31.0 Å². The van der Waals surface area contributed by atoms with Crippen LogP contribution in [0.4, 0.5) is 4.79 Å². The van der Waals surface area contributed by atoms with E-state index in [0.29, 0.717) is 12.6 Å². The highest BCUT2D eigenvalue weighted by Gasteiger charge is 2.21. The monoisotopic (exact) mass is 321 g/mol. The zero-order chi connectivity index (χ0) is 16.8. The maximum atomic E-state index is 12.1. The topological polar surface area (TPSA) is 62.2 Å². The highest BCUT2D eigenvalue weighted by molar-refractivity contribution is 5.74. The molecule has 2 N–H and O–H groups in total. The number of aromatic nitrogens is 2. The molecule has 1 aliphatic heterocycles. The smallest absolute Gasteiger partial charge is 0.315 e. The molecular weight excluding hydrogens is 290 g/mol. The van der Waals surface area contributed by atoms with Crippen molar-refractivity contribution < 1.29 is 4.79 Å². The summed E-state index contributed by atoms with van der Waals surface area (Å²) in [6, 6.07) is 2.49. The lowest BCUT2D eigenvalue weighted by molar-refractivity contribution is 0.153. The van der Waals surface area contributed by atoms with Gasteiger partial charge in [-0.05, 0) is 52.8 Å². The molecule has 0 bridgehead atoms. The first kappa shape index (κ1) is 17.8. The van der Waals surface area contributed by atoms with Gasteiger partial charge in [-0.15, -0.1) is 0 Å². The summed E-state index contributed by atoms with van der Waals surface area (Å²) in [5.41, 5.74) is 2.13. The van der Waals surface area contributed by atoms with Crippen molar-refractivity contribution in [2.45, 2.75) is 65.6 Å². The number of amides is 2. The highest BCUT2D eigenvalue weighted by Crippen LogP contribution is 2.15. The molecule has 2 heterocycles. The molecular formula is C17H31N5O. The molecule has 6 heteroatoms. The van der Waals surface area contributed by atoms with E-state index < -0.39 is 0 Å². The zero-order valence-electron chi connectivity index (χ0n) is 14.9. The van der Waals surface area contributed by atoms with E-state index in [1.54, 1.807) is 0 Å². The van der Waals surface area contributed by atoms with Gasteiger partial charge in [-0.1, -0.05) is 13.3 Å². The van der Waals surface area contributed by atoms with Gasteiger partial charge in [0.1, 0.15) is 0 Å². The molecule has 23 heavy (non-hydrogen) atoms. The van der Waals surface area contributed by atoms with Crippen LogP contribution in [-0.4, -0.2) is 52.4 Å². The number of hydrogen-bond acceptors (Lipinski definition) is 3. The van der Waals surface area contributed by atoms with Gasteiger partial charge in [-0.25, -0.2) is 4.79 Å². The first-order chi connectivity index (χ1) is 11.0. The molecule has 0 aromatic carbocycles. The minimum atomic E-state index is -0.0827. The third-order valence-electron chi connectivity index (χ3n) is 4.58. The highest BCUT2D eigenvalue weighted by atomic mass is 16.2. The Morgan fingerprint density at radius 2 is 2.22 bits per heavy atom. The Morgan fingerprint density at radius 3 is 2.87 bits per heavy atom. The van der Waals surface area contributed by atoms with Crippen LogP contribution in [0.2, 0.25) is 0 Å². The van der Waals surface area contributed by atoms with Crippen molar-refractivity contribution in [3.63, 3.8) is 0 Å². The zero-order valence-corrected chi connectivity index (χ0v) is 14.9. The summed E-state index contributed by atoms with van der Waals surface area (Å²) >= 11 is 0. The SMILES string of the molecule is CCN1CCCC[C@@H]1CNC(=O)N[C@@H](C)Cn1nc(C)cc1C. The van der Waals surface area contributed by atoms with Gasteiger partial charge in [0.05, 0.1) is 12.2 Å². The van der Waals surface area contributed by atoms with E-state index in [1.165, 1.54) is 19.3 Å². The third-order valence-corrected chi connectivity index (χ3v) is 4.58. The lowest BCUT2D eigenvalue weighted by Crippen LogP contribution is -2.50. The molecule has 0 radical (unpaired) electrons. The largest absolute Gasteiger partial charge is 0.337 e. The molecule has 2 atom stereocenters. The molecule has 0 saturated carbocycles. The van der Waals surface area contributed by atoms with Gasteiger partial charge in [0, 0.05) is 24.3 Å². The van der Waals surface area contributed by atoms with Gasteiger partial charge < -0.3 is 10.6 Å². The Hall–Kier alpha value is -1.56. The Bertz CT molecular complexity index is 513. The average Bonchev–Trinajstić information content (AvgIpc) is 2.82. The second-order valence-electron chi connectivity index (χ2n) is 6.64. The number of piperidine rings is 1. The van der Waals surface area contributed by atoms with Crippen molar-refractivity contribution in [1.29, 1.82) is 0 Å². The molecule has 0 unspecified atom stereocenters. The van der Waals surface area contributed by atoms with Gasteiger partial charge >= 0.3 is 6.03 Å². The normalized spacial score (nSPS) is 20.3. The van der Waals surface area contributed by atoms with Crippen LogP contribution in [0.5, 0.6) is 0 Å². The Labute approximate surface area is 139 Å². The molecule has 0 spiro atoms. The Balaban J connectivity index is 1.74. The molecule has 0 aliphatic carbocycles. The first-order valence-corrected chi connectivity index (χ1v) is 8.79. The number of likely N-dealkylation sites (N-methyl/N-ethyl adjacent to an activating group) is 1. The summed E-state index contributed by atoms with van der Waals surface area (Å²) in [4.78, 5) is 14.6. The van der Waals surface area contributed by atoms with E-state index >= 15 is 0 Å². The van der Waals surface area contributed by atoms with Crippen LogP contribution < -0.4 is 10.6 Å². The van der Waals surface area contributed by atoms with Crippen LogP contribution in [0.3, 0.4) is 0 Å². The number of rotatable bonds is 6. The lowest BCUT2D eigenvalue weighted by atomic mass is 10.0. The van der Waals surface area contributed by atoms with Crippen molar-refractivity contribution in [2.24, 2.45) is 0 Å². The van der Waals surface area contributed by atoms with Crippen molar-refractivity contribution in [1.82, 2.24) is 25.3 Å². The van der Waals surface area contributed by atoms with E-state index in [4.69, 9.17) is 0 Å². The predicted molar refractivity (Wildman–Crippen MR) is 92.6 cm³/mol. The average molecular weight is 321 g/mol. The number of aryl methyl sites for hydroxylation is 2. The van der Waals surface area contributed by atoms with E-state index in [-0.39, 0.29) is 12.1 Å². The van der Waals surface area contributed by atoms with Crippen LogP contribution in [-0.2, 0) is 6.54 Å². The van der Waals surface area contributed by atoms with Gasteiger partial charge in [0.2, 0.25) is 0 Å². The molecule has 2 rings (SSSR count). The molecule has 1 saturated heterocycles. The van der Waals surface area contributed by atoms with Crippen molar-refractivity contribution >= 4 is 6.03 Å². The quantitative estimate of drug-likeness (QED) is 0.843. The summed E-state index contributed by atoms with van der Waals surface area (Å²) in [5, 5.41) is 10.5. The number of carbonyl (C=O) groups excluding carboxylic acids is 1. The van der Waals surface area contributed by atoms with E-state index in [1.807, 2.05) is 25.5 Å². The molecule has 130 valence electrons. The fourth-order valence-corrected chi connectivity index (χ4v) is 3.36. The van der Waals surface area contributed by atoms with Crippen LogP contribution in [0.15, 0.2) is 6.07 Å². The summed E-state index contributed by atoms with van der Waals surface area (Å²) in [6.07, 6.45) is 3.71. The standard InChI is InChI=1S/C17H31N5O/c1-5-21-9-7-6-8-16(21)11-18-17(23)19-14(3)12-22-15(4)10-13(2)20-22/h10,14,16H,5-9,11-12H2,1-4H3,(H2,18,19,23)/t14-,16+/m0/s1. The number of urea groups is 1. The van der Waals surface area contributed by atoms with E-state index in [9.17, 15) is 4.79 Å². The van der Waals surface area contributed by atoms with Crippen LogP contribution >= 0.6 is 0 Å². The van der Waals surface area contributed by atoms with Gasteiger partial charge in [0.15, 0.2) is 0 Å².